The van der Waals surface area contributed by atoms with E-state index in [1.807, 2.05) is 0 Å². The molecule has 0 aliphatic carbocycles. The third-order valence-corrected chi connectivity index (χ3v) is 2.98. The van der Waals surface area contributed by atoms with E-state index in [1.54, 1.807) is 6.92 Å². The third kappa shape index (κ3) is 3.09. The number of aromatic hydroxyl groups is 1. The van der Waals surface area contributed by atoms with Gasteiger partial charge in [-0.1, -0.05) is 0 Å². The fourth-order valence-electron chi connectivity index (χ4n) is 1.38. The highest BCUT2D eigenvalue weighted by molar-refractivity contribution is 9.10. The van der Waals surface area contributed by atoms with Crippen LogP contribution >= 0.6 is 15.9 Å². The van der Waals surface area contributed by atoms with Crippen LogP contribution in [0.15, 0.2) is 16.6 Å². The highest BCUT2D eigenvalue weighted by Crippen LogP contribution is 2.39. The summed E-state index contributed by atoms with van der Waals surface area (Å²) in [5, 5.41) is 18.2. The van der Waals surface area contributed by atoms with Gasteiger partial charge in [-0.05, 0) is 40.5 Å². The average Bonchev–Trinajstić information content (AvgIpc) is 2.34. The van der Waals surface area contributed by atoms with Crippen LogP contribution in [0.25, 0.3) is 0 Å². The maximum atomic E-state index is 13.3. The monoisotopic (exact) mass is 325 g/mol. The zero-order valence-corrected chi connectivity index (χ0v) is 11.2. The first-order valence-electron chi connectivity index (χ1n) is 5.23. The van der Waals surface area contributed by atoms with Crippen molar-refractivity contribution in [1.82, 2.24) is 0 Å². The van der Waals surface area contributed by atoms with Gasteiger partial charge in [0.1, 0.15) is 6.61 Å². The number of hydrogen-bond acceptors (Lipinski definition) is 4. The fraction of sp³-hybridized carbons (Fsp3) is 0.455. The molecule has 0 unspecified atom stereocenters. The van der Waals surface area contributed by atoms with E-state index in [-0.39, 0.29) is 28.1 Å². The van der Waals surface area contributed by atoms with E-state index in [4.69, 9.17) is 15.6 Å². The molecule has 0 aliphatic heterocycles. The largest absolute Gasteiger partial charge is 0.503 e. The van der Waals surface area contributed by atoms with Gasteiger partial charge in [0.15, 0.2) is 11.5 Å². The molecule has 1 aromatic rings. The van der Waals surface area contributed by atoms with E-state index in [2.05, 4.69) is 15.9 Å². The Balaban J connectivity index is 3.18. The molecule has 0 amide bonds. The Morgan fingerprint density at radius 2 is 2.11 bits per heavy atom. The van der Waals surface area contributed by atoms with Gasteiger partial charge in [-0.15, -0.1) is 0 Å². The summed E-state index contributed by atoms with van der Waals surface area (Å²) in [6.45, 7) is 0.619. The molecule has 4 nitrogen and oxygen atoms in total. The number of benzene rings is 1. The van der Waals surface area contributed by atoms with Crippen molar-refractivity contribution in [2.45, 2.75) is 18.9 Å². The first-order chi connectivity index (χ1) is 8.33. The zero-order chi connectivity index (χ0) is 13.9. The van der Waals surface area contributed by atoms with Crippen molar-refractivity contribution in [2.24, 2.45) is 5.73 Å². The second-order valence-corrected chi connectivity index (χ2v) is 4.53. The van der Waals surface area contributed by atoms with Crippen LogP contribution in [0.3, 0.4) is 0 Å². The molecule has 1 rings (SSSR count). The van der Waals surface area contributed by atoms with Gasteiger partial charge in [0.25, 0.3) is 5.92 Å². The number of aliphatic hydroxyl groups excluding tert-OH is 1. The van der Waals surface area contributed by atoms with Crippen molar-refractivity contribution in [3.8, 4) is 11.5 Å². The molecule has 1 aromatic carbocycles. The van der Waals surface area contributed by atoms with Crippen LogP contribution < -0.4 is 10.5 Å². The van der Waals surface area contributed by atoms with E-state index < -0.39 is 18.6 Å². The summed E-state index contributed by atoms with van der Waals surface area (Å²) in [5.41, 5.74) is 5.46. The average molecular weight is 326 g/mol. The smallest absolute Gasteiger partial charge is 0.289 e. The number of hydrogen-bond donors (Lipinski definition) is 3. The Hall–Kier alpha value is -0.920. The lowest BCUT2D eigenvalue weighted by Crippen LogP contribution is -2.36. The Morgan fingerprint density at radius 1 is 1.50 bits per heavy atom. The molecule has 0 bridgehead atoms. The Labute approximate surface area is 111 Å². The summed E-state index contributed by atoms with van der Waals surface area (Å²) in [7, 11) is 0. The molecule has 0 saturated carbocycles. The van der Waals surface area contributed by atoms with Crippen LogP contribution in [0.1, 0.15) is 18.5 Å². The second kappa shape index (κ2) is 5.81. The molecule has 0 radical (unpaired) electrons. The lowest BCUT2D eigenvalue weighted by Gasteiger charge is -2.22. The number of nitrogens with two attached hydrogens (primary N) is 1. The van der Waals surface area contributed by atoms with Gasteiger partial charge < -0.3 is 20.7 Å². The minimum atomic E-state index is -3.44. The zero-order valence-electron chi connectivity index (χ0n) is 9.66. The molecule has 18 heavy (non-hydrogen) atoms. The van der Waals surface area contributed by atoms with Gasteiger partial charge in [0.2, 0.25) is 0 Å². The number of aliphatic hydroxyl groups is 1. The molecule has 102 valence electrons. The lowest BCUT2D eigenvalue weighted by atomic mass is 10.0. The molecule has 4 N–H and O–H groups in total. The van der Waals surface area contributed by atoms with Crippen LogP contribution in [0.2, 0.25) is 0 Å². The molecule has 1 atom stereocenters. The summed E-state index contributed by atoms with van der Waals surface area (Å²) in [6.07, 6.45) is 0. The van der Waals surface area contributed by atoms with E-state index >= 15 is 0 Å². The molecule has 0 heterocycles. The van der Waals surface area contributed by atoms with Crippen molar-refractivity contribution < 1.29 is 23.7 Å². The summed E-state index contributed by atoms with van der Waals surface area (Å²) in [5.74, 6) is -3.56. The summed E-state index contributed by atoms with van der Waals surface area (Å²) in [6, 6.07) is 0.822. The van der Waals surface area contributed by atoms with Gasteiger partial charge in [-0.3, -0.25) is 0 Å². The standard InChI is InChI=1S/C11H14BrF2NO3/c1-2-18-8-4-6(3-7(12)9(8)17)10(15)11(13,14)5-16/h3-4,10,16-17H,2,5,15H2,1H3/t10-/m0/s1. The van der Waals surface area contributed by atoms with Gasteiger partial charge >= 0.3 is 0 Å². The Bertz CT molecular complexity index is 429. The van der Waals surface area contributed by atoms with Crippen LogP contribution in [0.4, 0.5) is 8.78 Å². The summed E-state index contributed by atoms with van der Waals surface area (Å²) in [4.78, 5) is 0. The number of halogens is 3. The normalized spacial score (nSPS) is 13.4. The number of phenols is 1. The molecule has 0 aromatic heterocycles. The lowest BCUT2D eigenvalue weighted by molar-refractivity contribution is -0.0712. The number of alkyl halides is 2. The molecule has 0 fully saturated rings. The van der Waals surface area contributed by atoms with E-state index in [0.29, 0.717) is 0 Å². The summed E-state index contributed by atoms with van der Waals surface area (Å²) >= 11 is 3.03. The van der Waals surface area contributed by atoms with E-state index in [9.17, 15) is 13.9 Å². The van der Waals surface area contributed by atoms with Crippen LogP contribution in [-0.2, 0) is 0 Å². The SMILES string of the molecule is CCOc1cc([C@H](N)C(F)(F)CO)cc(Br)c1O. The van der Waals surface area contributed by atoms with E-state index in [0.717, 1.165) is 0 Å². The molecule has 0 saturated heterocycles. The Morgan fingerprint density at radius 3 is 2.61 bits per heavy atom. The maximum absolute atomic E-state index is 13.3. The molecule has 0 aliphatic rings. The topological polar surface area (TPSA) is 75.7 Å². The number of ether oxygens (including phenoxy) is 1. The van der Waals surface area contributed by atoms with Gasteiger partial charge in [0, 0.05) is 0 Å². The number of rotatable bonds is 5. The van der Waals surface area contributed by atoms with E-state index in [1.165, 1.54) is 12.1 Å². The predicted octanol–water partition coefficient (Wildman–Crippen LogP) is 2.18. The first-order valence-corrected chi connectivity index (χ1v) is 6.02. The van der Waals surface area contributed by atoms with Gasteiger partial charge in [-0.25, -0.2) is 8.78 Å². The summed E-state index contributed by atoms with van der Waals surface area (Å²) < 4.78 is 31.9. The van der Waals surface area contributed by atoms with Crippen LogP contribution in [-0.4, -0.2) is 29.3 Å². The quantitative estimate of drug-likeness (QED) is 0.775. The van der Waals surface area contributed by atoms with Crippen molar-refractivity contribution in [3.05, 3.63) is 22.2 Å². The minimum absolute atomic E-state index is 0.0576. The van der Waals surface area contributed by atoms with Crippen molar-refractivity contribution in [2.75, 3.05) is 13.2 Å². The highest BCUT2D eigenvalue weighted by atomic mass is 79.9. The first kappa shape index (κ1) is 15.1. The minimum Gasteiger partial charge on any atom is -0.503 e. The van der Waals surface area contributed by atoms with Gasteiger partial charge in [0.05, 0.1) is 17.1 Å². The molecular formula is C11H14BrF2NO3. The highest BCUT2D eigenvalue weighted by Gasteiger charge is 2.38. The van der Waals surface area contributed by atoms with Crippen LogP contribution in [0.5, 0.6) is 11.5 Å². The third-order valence-electron chi connectivity index (χ3n) is 2.38. The maximum Gasteiger partial charge on any atom is 0.289 e. The Kier molecular flexibility index (Phi) is 4.89. The fourth-order valence-corrected chi connectivity index (χ4v) is 1.84. The van der Waals surface area contributed by atoms with Crippen LogP contribution in [0, 0.1) is 0 Å². The van der Waals surface area contributed by atoms with Crippen molar-refractivity contribution in [1.29, 1.82) is 0 Å². The van der Waals surface area contributed by atoms with Crippen molar-refractivity contribution >= 4 is 15.9 Å². The second-order valence-electron chi connectivity index (χ2n) is 3.68. The van der Waals surface area contributed by atoms with Crippen molar-refractivity contribution in [3.63, 3.8) is 0 Å². The van der Waals surface area contributed by atoms with Gasteiger partial charge in [-0.2, -0.15) is 0 Å². The molecule has 0 spiro atoms. The molecule has 7 heteroatoms. The molecular weight excluding hydrogens is 312 g/mol. The number of phenolic OH excluding ortho intramolecular Hbond substituents is 1. The predicted molar refractivity (Wildman–Crippen MR) is 65.9 cm³/mol.